The van der Waals surface area contributed by atoms with Crippen LogP contribution in [0.2, 0.25) is 10.0 Å². The number of halogens is 2. The van der Waals surface area contributed by atoms with Crippen LogP contribution in [0.3, 0.4) is 0 Å². The van der Waals surface area contributed by atoms with Crippen molar-refractivity contribution in [1.29, 1.82) is 0 Å². The summed E-state index contributed by atoms with van der Waals surface area (Å²) in [5.74, 6) is -0.0221. The predicted molar refractivity (Wildman–Crippen MR) is 108 cm³/mol. The number of phenolic OH excluding ortho intramolecular Hbond substituents is 1. The Morgan fingerprint density at radius 2 is 1.89 bits per heavy atom. The van der Waals surface area contributed by atoms with E-state index in [9.17, 15) is 9.90 Å². The minimum atomic E-state index is -0.764. The Hall–Kier alpha value is -2.76. The molecule has 5 nitrogen and oxygen atoms in total. The second-order valence-electron chi connectivity index (χ2n) is 5.83. The number of ether oxygens (including phenoxy) is 1. The molecule has 0 radical (unpaired) electrons. The molecule has 0 saturated carbocycles. The van der Waals surface area contributed by atoms with Gasteiger partial charge in [-0.05, 0) is 42.0 Å². The largest absolute Gasteiger partial charge is 0.506 e. The number of fused-ring (bicyclic) bond motifs is 1. The van der Waals surface area contributed by atoms with Crippen molar-refractivity contribution in [3.8, 4) is 11.5 Å². The molecule has 0 aromatic heterocycles. The number of hydrogen-bond donors (Lipinski definition) is 2. The Morgan fingerprint density at radius 1 is 1.15 bits per heavy atom. The molecule has 0 aliphatic rings. The molecule has 0 saturated heterocycles. The summed E-state index contributed by atoms with van der Waals surface area (Å²) in [6.45, 7) is 1.62. The van der Waals surface area contributed by atoms with E-state index in [0.717, 1.165) is 10.8 Å². The molecule has 3 aromatic rings. The van der Waals surface area contributed by atoms with Gasteiger partial charge in [0.1, 0.15) is 11.5 Å². The van der Waals surface area contributed by atoms with Gasteiger partial charge in [0.2, 0.25) is 0 Å². The van der Waals surface area contributed by atoms with Gasteiger partial charge in [-0.3, -0.25) is 4.79 Å². The Morgan fingerprint density at radius 3 is 2.67 bits per heavy atom. The number of nitrogens with one attached hydrogen (secondary N) is 1. The van der Waals surface area contributed by atoms with E-state index in [2.05, 4.69) is 10.5 Å². The molecular formula is C20H16Cl2N2O3. The normalized spacial score (nSPS) is 12.3. The van der Waals surface area contributed by atoms with Gasteiger partial charge in [0, 0.05) is 10.6 Å². The fourth-order valence-electron chi connectivity index (χ4n) is 2.44. The van der Waals surface area contributed by atoms with Crippen LogP contribution >= 0.6 is 23.2 Å². The van der Waals surface area contributed by atoms with E-state index in [-0.39, 0.29) is 16.3 Å². The summed E-state index contributed by atoms with van der Waals surface area (Å²) in [5.41, 5.74) is 2.65. The first-order chi connectivity index (χ1) is 12.9. The van der Waals surface area contributed by atoms with Crippen molar-refractivity contribution < 1.29 is 14.6 Å². The molecule has 1 amide bonds. The van der Waals surface area contributed by atoms with E-state index < -0.39 is 12.0 Å². The molecule has 0 fully saturated rings. The van der Waals surface area contributed by atoms with E-state index in [4.69, 9.17) is 27.9 Å². The van der Waals surface area contributed by atoms with Gasteiger partial charge in [-0.25, -0.2) is 5.43 Å². The van der Waals surface area contributed by atoms with Crippen LogP contribution in [-0.4, -0.2) is 23.3 Å². The van der Waals surface area contributed by atoms with Crippen molar-refractivity contribution >= 4 is 46.1 Å². The van der Waals surface area contributed by atoms with Crippen LogP contribution in [0.4, 0.5) is 0 Å². The molecule has 0 aliphatic heterocycles. The zero-order valence-corrected chi connectivity index (χ0v) is 15.8. The molecule has 3 rings (SSSR count). The molecule has 27 heavy (non-hydrogen) atoms. The van der Waals surface area contributed by atoms with E-state index in [1.807, 2.05) is 36.4 Å². The maximum atomic E-state index is 12.2. The van der Waals surface area contributed by atoms with Crippen LogP contribution < -0.4 is 10.2 Å². The van der Waals surface area contributed by atoms with Crippen LogP contribution in [0.1, 0.15) is 12.5 Å². The summed E-state index contributed by atoms with van der Waals surface area (Å²) < 4.78 is 5.67. The Kier molecular flexibility index (Phi) is 5.84. The van der Waals surface area contributed by atoms with Crippen LogP contribution in [0, 0.1) is 0 Å². The van der Waals surface area contributed by atoms with Gasteiger partial charge < -0.3 is 9.84 Å². The van der Waals surface area contributed by atoms with Gasteiger partial charge in [-0.15, -0.1) is 0 Å². The number of amides is 1. The highest BCUT2D eigenvalue weighted by atomic mass is 35.5. The summed E-state index contributed by atoms with van der Waals surface area (Å²) in [7, 11) is 0. The molecular weight excluding hydrogens is 387 g/mol. The minimum absolute atomic E-state index is 0.100. The topological polar surface area (TPSA) is 70.9 Å². The lowest BCUT2D eigenvalue weighted by Gasteiger charge is -2.13. The van der Waals surface area contributed by atoms with Crippen molar-refractivity contribution in [2.24, 2.45) is 5.10 Å². The molecule has 2 N–H and O–H groups in total. The monoisotopic (exact) mass is 402 g/mol. The number of phenols is 1. The lowest BCUT2D eigenvalue weighted by molar-refractivity contribution is -0.127. The second kappa shape index (κ2) is 8.29. The lowest BCUT2D eigenvalue weighted by Crippen LogP contribution is -2.33. The highest BCUT2D eigenvalue weighted by Crippen LogP contribution is 2.30. The summed E-state index contributed by atoms with van der Waals surface area (Å²) >= 11 is 11.7. The van der Waals surface area contributed by atoms with Gasteiger partial charge in [0.15, 0.2) is 6.10 Å². The number of rotatable bonds is 5. The maximum absolute atomic E-state index is 12.2. The predicted octanol–water partition coefficient (Wildman–Crippen LogP) is 4.77. The third-order valence-corrected chi connectivity index (χ3v) is 4.35. The molecule has 138 valence electrons. The number of aromatic hydroxyl groups is 1. The summed E-state index contributed by atoms with van der Waals surface area (Å²) in [5, 5.41) is 16.2. The van der Waals surface area contributed by atoms with Gasteiger partial charge in [0.05, 0.1) is 11.2 Å². The van der Waals surface area contributed by atoms with Crippen molar-refractivity contribution in [3.63, 3.8) is 0 Å². The first-order valence-electron chi connectivity index (χ1n) is 8.10. The van der Waals surface area contributed by atoms with Gasteiger partial charge in [-0.1, -0.05) is 53.5 Å². The first-order valence-corrected chi connectivity index (χ1v) is 8.86. The number of hydrogen-bond acceptors (Lipinski definition) is 4. The van der Waals surface area contributed by atoms with Crippen molar-refractivity contribution in [2.45, 2.75) is 13.0 Å². The van der Waals surface area contributed by atoms with Crippen LogP contribution in [0.15, 0.2) is 59.7 Å². The Balaban J connectivity index is 1.63. The first kappa shape index (κ1) is 19.0. The van der Waals surface area contributed by atoms with Gasteiger partial charge in [-0.2, -0.15) is 5.10 Å². The third kappa shape index (κ3) is 4.70. The van der Waals surface area contributed by atoms with Crippen molar-refractivity contribution in [1.82, 2.24) is 5.43 Å². The Bertz CT molecular complexity index is 1020. The van der Waals surface area contributed by atoms with Crippen molar-refractivity contribution in [2.75, 3.05) is 0 Å². The second-order valence-corrected chi connectivity index (χ2v) is 6.67. The quantitative estimate of drug-likeness (QED) is 0.476. The van der Waals surface area contributed by atoms with Crippen LogP contribution in [0.5, 0.6) is 11.5 Å². The average molecular weight is 403 g/mol. The molecule has 0 unspecified atom stereocenters. The highest BCUT2D eigenvalue weighted by Gasteiger charge is 2.14. The molecule has 7 heteroatoms. The molecule has 1 atom stereocenters. The number of hydrazone groups is 1. The molecule has 0 heterocycles. The number of carbonyl (C=O) groups excluding carboxylic acids is 1. The highest BCUT2D eigenvalue weighted by molar-refractivity contribution is 6.36. The Labute approximate surface area is 166 Å². The number of benzene rings is 3. The fourth-order valence-corrected chi connectivity index (χ4v) is 2.95. The molecule has 0 bridgehead atoms. The number of nitrogens with zero attached hydrogens (tertiary/aromatic N) is 1. The van der Waals surface area contributed by atoms with Crippen molar-refractivity contribution in [3.05, 3.63) is 70.2 Å². The molecule has 3 aromatic carbocycles. The van der Waals surface area contributed by atoms with Gasteiger partial charge >= 0.3 is 0 Å². The third-order valence-electron chi connectivity index (χ3n) is 3.84. The lowest BCUT2D eigenvalue weighted by atomic mass is 10.1. The van der Waals surface area contributed by atoms with E-state index in [1.165, 1.54) is 18.3 Å². The van der Waals surface area contributed by atoms with Crippen LogP contribution in [-0.2, 0) is 4.79 Å². The fraction of sp³-hybridized carbons (Fsp3) is 0.100. The van der Waals surface area contributed by atoms with E-state index in [1.54, 1.807) is 13.0 Å². The van der Waals surface area contributed by atoms with Gasteiger partial charge in [0.25, 0.3) is 5.91 Å². The van der Waals surface area contributed by atoms with E-state index >= 15 is 0 Å². The smallest absolute Gasteiger partial charge is 0.280 e. The number of carbonyl (C=O) groups is 1. The maximum Gasteiger partial charge on any atom is 0.280 e. The standard InChI is InChI=1S/C20H16Cl2N2O3/c1-12(27-17-7-6-13-4-2-3-5-14(13)9-17)20(26)24-23-11-15-8-16(21)10-18(22)19(15)25/h2-12,25H,1H3,(H,24,26)/b23-11+/t12-/m0/s1. The summed E-state index contributed by atoms with van der Waals surface area (Å²) in [4.78, 5) is 12.2. The zero-order valence-electron chi connectivity index (χ0n) is 14.3. The minimum Gasteiger partial charge on any atom is -0.506 e. The summed E-state index contributed by atoms with van der Waals surface area (Å²) in [6.07, 6.45) is 0.494. The summed E-state index contributed by atoms with van der Waals surface area (Å²) in [6, 6.07) is 16.4. The zero-order chi connectivity index (χ0) is 19.4. The molecule has 0 aliphatic carbocycles. The molecule has 0 spiro atoms. The average Bonchev–Trinajstić information content (AvgIpc) is 2.65. The van der Waals surface area contributed by atoms with E-state index in [0.29, 0.717) is 10.8 Å². The van der Waals surface area contributed by atoms with Crippen LogP contribution in [0.25, 0.3) is 10.8 Å². The SMILES string of the molecule is C[C@H](Oc1ccc2ccccc2c1)C(=O)N/N=C/c1cc(Cl)cc(Cl)c1O.